The first-order valence-electron chi connectivity index (χ1n) is 8.15. The fourth-order valence-electron chi connectivity index (χ4n) is 4.69. The molecule has 0 amide bonds. The molecule has 0 radical (unpaired) electrons. The van der Waals surface area contributed by atoms with E-state index in [-0.39, 0.29) is 5.41 Å². The molecule has 108 valence electrons. The van der Waals surface area contributed by atoms with Gasteiger partial charge in [-0.3, -0.25) is 4.90 Å². The van der Waals surface area contributed by atoms with Crippen LogP contribution in [0.5, 0.6) is 0 Å². The van der Waals surface area contributed by atoms with Crippen LogP contribution < -0.4 is 0 Å². The lowest BCUT2D eigenvalue weighted by molar-refractivity contribution is 0.175. The Bertz CT molecular complexity index is 633. The number of fused-ring (bicyclic) bond motifs is 3. The molecule has 2 aromatic rings. The van der Waals surface area contributed by atoms with Gasteiger partial charge in [-0.15, -0.1) is 0 Å². The lowest BCUT2D eigenvalue weighted by Gasteiger charge is -2.39. The highest BCUT2D eigenvalue weighted by Crippen LogP contribution is 2.54. The molecule has 21 heavy (non-hydrogen) atoms. The second kappa shape index (κ2) is 4.99. The largest absolute Gasteiger partial charge is 0.298 e. The SMILES string of the molecule is CN1CCCC[C@@]2(c3ccccc3)Cc3ccccc3C12. The van der Waals surface area contributed by atoms with E-state index >= 15 is 0 Å². The maximum atomic E-state index is 2.60. The summed E-state index contributed by atoms with van der Waals surface area (Å²) >= 11 is 0. The minimum absolute atomic E-state index is 0.274. The van der Waals surface area contributed by atoms with E-state index in [1.54, 1.807) is 11.1 Å². The molecule has 2 aromatic carbocycles. The quantitative estimate of drug-likeness (QED) is 0.749. The van der Waals surface area contributed by atoms with Gasteiger partial charge in [0, 0.05) is 11.5 Å². The molecule has 0 spiro atoms. The monoisotopic (exact) mass is 277 g/mol. The Morgan fingerprint density at radius 1 is 0.952 bits per heavy atom. The summed E-state index contributed by atoms with van der Waals surface area (Å²) in [6.07, 6.45) is 5.16. The zero-order valence-corrected chi connectivity index (χ0v) is 12.8. The molecule has 1 nitrogen and oxygen atoms in total. The number of hydrogen-bond donors (Lipinski definition) is 0. The summed E-state index contributed by atoms with van der Waals surface area (Å²) in [5.41, 5.74) is 4.92. The summed E-state index contributed by atoms with van der Waals surface area (Å²) in [5, 5.41) is 0. The van der Waals surface area contributed by atoms with Gasteiger partial charge in [0.05, 0.1) is 0 Å². The minimum Gasteiger partial charge on any atom is -0.298 e. The van der Waals surface area contributed by atoms with Crippen LogP contribution in [-0.2, 0) is 11.8 Å². The van der Waals surface area contributed by atoms with Crippen molar-refractivity contribution in [2.75, 3.05) is 13.6 Å². The fraction of sp³-hybridized carbons (Fsp3) is 0.400. The van der Waals surface area contributed by atoms with Crippen LogP contribution >= 0.6 is 0 Å². The summed E-state index contributed by atoms with van der Waals surface area (Å²) in [4.78, 5) is 2.60. The van der Waals surface area contributed by atoms with Crippen molar-refractivity contribution >= 4 is 0 Å². The van der Waals surface area contributed by atoms with Gasteiger partial charge in [0.1, 0.15) is 0 Å². The van der Waals surface area contributed by atoms with Gasteiger partial charge in [0.15, 0.2) is 0 Å². The Hall–Kier alpha value is -1.60. The van der Waals surface area contributed by atoms with Gasteiger partial charge in [-0.2, -0.15) is 0 Å². The highest BCUT2D eigenvalue weighted by atomic mass is 15.1. The van der Waals surface area contributed by atoms with E-state index in [1.807, 2.05) is 0 Å². The number of hydrogen-bond acceptors (Lipinski definition) is 1. The summed E-state index contributed by atoms with van der Waals surface area (Å²) in [6.45, 7) is 1.22. The molecule has 4 rings (SSSR count). The van der Waals surface area contributed by atoms with E-state index in [0.29, 0.717) is 6.04 Å². The number of nitrogens with zero attached hydrogens (tertiary/aromatic N) is 1. The lowest BCUT2D eigenvalue weighted by atomic mass is 9.71. The Labute approximate surface area is 127 Å². The van der Waals surface area contributed by atoms with Crippen LogP contribution in [0, 0.1) is 0 Å². The third kappa shape index (κ3) is 1.95. The smallest absolute Gasteiger partial charge is 0.0447 e. The van der Waals surface area contributed by atoms with Gasteiger partial charge in [-0.25, -0.2) is 0 Å². The van der Waals surface area contributed by atoms with E-state index in [0.717, 1.165) is 0 Å². The molecule has 2 aliphatic rings. The van der Waals surface area contributed by atoms with E-state index in [2.05, 4.69) is 66.5 Å². The molecular weight excluding hydrogens is 254 g/mol. The number of rotatable bonds is 1. The van der Waals surface area contributed by atoms with Gasteiger partial charge in [-0.05, 0) is 49.5 Å². The summed E-state index contributed by atoms with van der Waals surface area (Å²) in [5.74, 6) is 0. The predicted octanol–water partition coefficient (Wildman–Crippen LogP) is 4.34. The second-order valence-electron chi connectivity index (χ2n) is 6.74. The molecule has 1 aliphatic heterocycles. The lowest BCUT2D eigenvalue weighted by Crippen LogP contribution is -2.38. The predicted molar refractivity (Wildman–Crippen MR) is 87.5 cm³/mol. The minimum atomic E-state index is 0.274. The molecular formula is C20H23N. The van der Waals surface area contributed by atoms with Gasteiger partial charge >= 0.3 is 0 Å². The van der Waals surface area contributed by atoms with Gasteiger partial charge in [-0.1, -0.05) is 61.0 Å². The molecule has 2 atom stereocenters. The van der Waals surface area contributed by atoms with E-state index < -0.39 is 0 Å². The van der Waals surface area contributed by atoms with Crippen molar-refractivity contribution in [2.45, 2.75) is 37.1 Å². The Balaban J connectivity index is 1.91. The molecule has 1 aliphatic carbocycles. The molecule has 0 aromatic heterocycles. The molecule has 1 saturated heterocycles. The Kier molecular flexibility index (Phi) is 3.11. The maximum absolute atomic E-state index is 2.60. The van der Waals surface area contributed by atoms with Crippen molar-refractivity contribution in [3.63, 3.8) is 0 Å². The van der Waals surface area contributed by atoms with Crippen LogP contribution in [0.1, 0.15) is 42.0 Å². The van der Waals surface area contributed by atoms with Gasteiger partial charge in [0.25, 0.3) is 0 Å². The van der Waals surface area contributed by atoms with Crippen LogP contribution in [0.4, 0.5) is 0 Å². The van der Waals surface area contributed by atoms with Gasteiger partial charge < -0.3 is 0 Å². The summed E-state index contributed by atoms with van der Waals surface area (Å²) < 4.78 is 0. The topological polar surface area (TPSA) is 3.24 Å². The molecule has 0 bridgehead atoms. The highest BCUT2D eigenvalue weighted by Gasteiger charge is 2.49. The molecule has 1 unspecified atom stereocenters. The van der Waals surface area contributed by atoms with Crippen molar-refractivity contribution in [3.05, 3.63) is 71.3 Å². The summed E-state index contributed by atoms with van der Waals surface area (Å²) in [7, 11) is 2.32. The summed E-state index contributed by atoms with van der Waals surface area (Å²) in [6, 6.07) is 20.9. The zero-order chi connectivity index (χ0) is 14.3. The van der Waals surface area contributed by atoms with Crippen molar-refractivity contribution < 1.29 is 0 Å². The van der Waals surface area contributed by atoms with Crippen LogP contribution in [-0.4, -0.2) is 18.5 Å². The number of benzene rings is 2. The molecule has 1 heterocycles. The Morgan fingerprint density at radius 2 is 1.71 bits per heavy atom. The first kappa shape index (κ1) is 13.1. The molecule has 1 fully saturated rings. The van der Waals surface area contributed by atoms with Crippen molar-refractivity contribution in [1.82, 2.24) is 4.90 Å². The fourth-order valence-corrected chi connectivity index (χ4v) is 4.69. The third-order valence-electron chi connectivity index (χ3n) is 5.55. The standard InChI is InChI=1S/C20H23N/c1-21-14-8-7-13-20(17-10-3-2-4-11-17)15-16-9-5-6-12-18(16)19(20)21/h2-6,9-12,19H,7-8,13-15H2,1H3/t19?,20-/m0/s1. The van der Waals surface area contributed by atoms with E-state index in [4.69, 9.17) is 0 Å². The number of likely N-dealkylation sites (N-methyl/N-ethyl adjacent to an activating group) is 1. The van der Waals surface area contributed by atoms with E-state index in [9.17, 15) is 0 Å². The normalized spacial score (nSPS) is 28.7. The van der Waals surface area contributed by atoms with Crippen molar-refractivity contribution in [1.29, 1.82) is 0 Å². The first-order valence-corrected chi connectivity index (χ1v) is 8.15. The Morgan fingerprint density at radius 3 is 2.57 bits per heavy atom. The third-order valence-corrected chi connectivity index (χ3v) is 5.55. The second-order valence-corrected chi connectivity index (χ2v) is 6.74. The van der Waals surface area contributed by atoms with Crippen molar-refractivity contribution in [2.24, 2.45) is 0 Å². The average Bonchev–Trinajstić information content (AvgIpc) is 2.78. The van der Waals surface area contributed by atoms with Gasteiger partial charge in [0.2, 0.25) is 0 Å². The van der Waals surface area contributed by atoms with Crippen molar-refractivity contribution in [3.8, 4) is 0 Å². The van der Waals surface area contributed by atoms with Crippen LogP contribution in [0.2, 0.25) is 0 Å². The average molecular weight is 277 g/mol. The van der Waals surface area contributed by atoms with Crippen LogP contribution in [0.25, 0.3) is 0 Å². The molecule has 1 heteroatoms. The maximum Gasteiger partial charge on any atom is 0.0447 e. The van der Waals surface area contributed by atoms with Crippen LogP contribution in [0.3, 0.4) is 0 Å². The molecule has 0 N–H and O–H groups in total. The number of likely N-dealkylation sites (tertiary alicyclic amines) is 1. The first-order chi connectivity index (χ1) is 10.3. The van der Waals surface area contributed by atoms with Crippen LogP contribution in [0.15, 0.2) is 54.6 Å². The molecule has 0 saturated carbocycles. The zero-order valence-electron chi connectivity index (χ0n) is 12.8. The highest BCUT2D eigenvalue weighted by molar-refractivity contribution is 5.46. The van der Waals surface area contributed by atoms with E-state index in [1.165, 1.54) is 37.8 Å².